The number of fused-ring (bicyclic) bond motifs is 8. The minimum absolute atomic E-state index is 0.0358. The van der Waals surface area contributed by atoms with E-state index in [0.29, 0.717) is 5.02 Å². The van der Waals surface area contributed by atoms with Crippen molar-refractivity contribution < 1.29 is 4.42 Å². The van der Waals surface area contributed by atoms with Crippen LogP contribution in [0.4, 0.5) is 0 Å². The van der Waals surface area contributed by atoms with Gasteiger partial charge in [-0.2, -0.15) is 0 Å². The lowest BCUT2D eigenvalue weighted by atomic mass is 9.63. The summed E-state index contributed by atoms with van der Waals surface area (Å²) in [6, 6.07) is 24.5. The van der Waals surface area contributed by atoms with Gasteiger partial charge < -0.3 is 8.98 Å². The number of benzene rings is 4. The molecule has 198 valence electrons. The molecule has 0 radical (unpaired) electrons. The van der Waals surface area contributed by atoms with Crippen molar-refractivity contribution in [3.8, 4) is 5.69 Å². The fourth-order valence-corrected chi connectivity index (χ4v) is 7.05. The maximum Gasteiger partial charge on any atom is 0.154 e. The van der Waals surface area contributed by atoms with Gasteiger partial charge in [0.05, 0.1) is 16.1 Å². The van der Waals surface area contributed by atoms with Crippen LogP contribution in [0.15, 0.2) is 71.1 Å². The highest BCUT2D eigenvalue weighted by Crippen LogP contribution is 2.48. The van der Waals surface area contributed by atoms with Gasteiger partial charge in [-0.25, -0.2) is 0 Å². The molecule has 0 unspecified atom stereocenters. The normalized spacial score (nSPS) is 16.9. The molecule has 0 aliphatic heterocycles. The van der Waals surface area contributed by atoms with Gasteiger partial charge in [0.1, 0.15) is 5.58 Å². The molecule has 39 heavy (non-hydrogen) atoms. The third-order valence-electron chi connectivity index (χ3n) is 9.29. The van der Waals surface area contributed by atoms with Crippen molar-refractivity contribution in [3.05, 3.63) is 88.4 Å². The number of hydrogen-bond acceptors (Lipinski definition) is 1. The van der Waals surface area contributed by atoms with Crippen LogP contribution in [0, 0.1) is 0 Å². The summed E-state index contributed by atoms with van der Waals surface area (Å²) in [5.41, 5.74) is 9.72. The van der Waals surface area contributed by atoms with Crippen molar-refractivity contribution in [2.75, 3.05) is 0 Å². The Hall–Kier alpha value is -3.23. The first-order valence-corrected chi connectivity index (χ1v) is 14.5. The molecule has 0 atom stereocenters. The Morgan fingerprint density at radius 3 is 2.21 bits per heavy atom. The fourth-order valence-electron chi connectivity index (χ4n) is 6.82. The molecule has 1 aliphatic rings. The monoisotopic (exact) mass is 533 g/mol. The molecule has 2 nitrogen and oxygen atoms in total. The summed E-state index contributed by atoms with van der Waals surface area (Å²) in [7, 11) is 0. The highest BCUT2D eigenvalue weighted by atomic mass is 35.5. The lowest BCUT2D eigenvalue weighted by Gasteiger charge is -2.42. The van der Waals surface area contributed by atoms with E-state index < -0.39 is 0 Å². The zero-order valence-electron chi connectivity index (χ0n) is 24.0. The zero-order chi connectivity index (χ0) is 27.5. The number of furan rings is 1. The average Bonchev–Trinajstić information content (AvgIpc) is 3.42. The van der Waals surface area contributed by atoms with Crippen molar-refractivity contribution >= 4 is 55.3 Å². The van der Waals surface area contributed by atoms with E-state index in [9.17, 15) is 0 Å². The van der Waals surface area contributed by atoms with Crippen molar-refractivity contribution in [1.29, 1.82) is 0 Å². The van der Waals surface area contributed by atoms with Crippen LogP contribution in [0.5, 0.6) is 0 Å². The number of halogens is 1. The van der Waals surface area contributed by atoms with E-state index in [-0.39, 0.29) is 16.2 Å². The Morgan fingerprint density at radius 1 is 0.744 bits per heavy atom. The Bertz CT molecular complexity index is 1960. The van der Waals surface area contributed by atoms with Crippen LogP contribution in [-0.4, -0.2) is 4.57 Å². The molecule has 0 saturated carbocycles. The number of nitrogens with zero attached hydrogens (tertiary/aromatic N) is 1. The van der Waals surface area contributed by atoms with E-state index in [1.165, 1.54) is 51.5 Å². The molecule has 0 spiro atoms. The summed E-state index contributed by atoms with van der Waals surface area (Å²) < 4.78 is 8.75. The predicted molar refractivity (Wildman–Crippen MR) is 167 cm³/mol. The Kier molecular flexibility index (Phi) is 5.03. The molecule has 2 aromatic heterocycles. The van der Waals surface area contributed by atoms with Gasteiger partial charge in [0.15, 0.2) is 5.58 Å². The molecule has 0 saturated heterocycles. The van der Waals surface area contributed by atoms with Crippen molar-refractivity contribution in [1.82, 2.24) is 4.57 Å². The minimum Gasteiger partial charge on any atom is -0.454 e. The highest BCUT2D eigenvalue weighted by Gasteiger charge is 2.37. The lowest BCUT2D eigenvalue weighted by molar-refractivity contribution is 0.332. The van der Waals surface area contributed by atoms with Gasteiger partial charge >= 0.3 is 0 Å². The zero-order valence-corrected chi connectivity index (χ0v) is 24.8. The van der Waals surface area contributed by atoms with Gasteiger partial charge in [-0.15, -0.1) is 0 Å². The number of aromatic nitrogens is 1. The molecular formula is C36H36ClNO. The molecule has 0 fully saturated rings. The maximum absolute atomic E-state index is 6.99. The molecule has 0 amide bonds. The van der Waals surface area contributed by atoms with Crippen molar-refractivity contribution in [3.63, 3.8) is 0 Å². The highest BCUT2D eigenvalue weighted by molar-refractivity contribution is 6.40. The largest absolute Gasteiger partial charge is 0.454 e. The SMILES string of the molecule is CC(C)(C)c1ccc2c(c1)c1c3c(oc4ccccc43)c(Cl)cc1n2-c1ccc2c(c1)C(C)(C)CCC2(C)C. The minimum atomic E-state index is 0.0358. The van der Waals surface area contributed by atoms with E-state index in [1.807, 2.05) is 12.1 Å². The van der Waals surface area contributed by atoms with E-state index >= 15 is 0 Å². The van der Waals surface area contributed by atoms with Gasteiger partial charge in [0, 0.05) is 27.2 Å². The Balaban J connectivity index is 1.65. The van der Waals surface area contributed by atoms with Gasteiger partial charge in [0.25, 0.3) is 0 Å². The first-order valence-electron chi connectivity index (χ1n) is 14.1. The summed E-state index contributed by atoms with van der Waals surface area (Å²) in [5, 5.41) is 5.30. The summed E-state index contributed by atoms with van der Waals surface area (Å²) in [4.78, 5) is 0. The summed E-state index contributed by atoms with van der Waals surface area (Å²) in [5.74, 6) is 0. The van der Waals surface area contributed by atoms with Crippen molar-refractivity contribution in [2.24, 2.45) is 0 Å². The second kappa shape index (κ2) is 7.92. The predicted octanol–water partition coefficient (Wildman–Crippen LogP) is 11.0. The quantitative estimate of drug-likeness (QED) is 0.205. The molecule has 4 aromatic carbocycles. The maximum atomic E-state index is 6.99. The summed E-state index contributed by atoms with van der Waals surface area (Å²) in [6.07, 6.45) is 2.39. The van der Waals surface area contributed by atoms with Crippen LogP contribution in [0.2, 0.25) is 5.02 Å². The number of para-hydroxylation sites is 1. The second-order valence-corrected chi connectivity index (χ2v) is 14.3. The summed E-state index contributed by atoms with van der Waals surface area (Å²) in [6.45, 7) is 16.4. The third-order valence-corrected chi connectivity index (χ3v) is 9.57. The van der Waals surface area contributed by atoms with Gasteiger partial charge in [-0.1, -0.05) is 90.4 Å². The molecule has 7 rings (SSSR count). The van der Waals surface area contributed by atoms with Gasteiger partial charge in [-0.3, -0.25) is 0 Å². The standard InChI is InChI=1S/C36H36ClNO/c1-34(2,3)21-12-15-28-24(18-21)31-29(20-27(37)33-32(31)23-10-8-9-11-30(23)39-33)38(28)22-13-14-25-26(19-22)36(6,7)17-16-35(25,4)5/h8-15,18-20H,16-17H2,1-7H3. The molecule has 2 heterocycles. The van der Waals surface area contributed by atoms with Gasteiger partial charge in [-0.05, 0) is 82.2 Å². The third kappa shape index (κ3) is 3.54. The van der Waals surface area contributed by atoms with E-state index in [4.69, 9.17) is 16.0 Å². The summed E-state index contributed by atoms with van der Waals surface area (Å²) >= 11 is 6.99. The molecule has 6 aromatic rings. The van der Waals surface area contributed by atoms with Crippen LogP contribution in [0.3, 0.4) is 0 Å². The van der Waals surface area contributed by atoms with Crippen LogP contribution in [0.1, 0.15) is 78.0 Å². The fraction of sp³-hybridized carbons (Fsp3) is 0.333. The smallest absolute Gasteiger partial charge is 0.154 e. The molecule has 3 heteroatoms. The first kappa shape index (κ1) is 24.8. The van der Waals surface area contributed by atoms with E-state index in [1.54, 1.807) is 0 Å². The molecular weight excluding hydrogens is 498 g/mol. The van der Waals surface area contributed by atoms with Crippen LogP contribution < -0.4 is 0 Å². The topological polar surface area (TPSA) is 18.1 Å². The first-order chi connectivity index (χ1) is 18.4. The average molecular weight is 534 g/mol. The van der Waals surface area contributed by atoms with Gasteiger partial charge in [0.2, 0.25) is 0 Å². The van der Waals surface area contributed by atoms with E-state index in [0.717, 1.165) is 27.5 Å². The molecule has 0 N–H and O–H groups in total. The van der Waals surface area contributed by atoms with Crippen LogP contribution in [-0.2, 0) is 16.2 Å². The lowest BCUT2D eigenvalue weighted by Crippen LogP contribution is -2.33. The number of rotatable bonds is 1. The van der Waals surface area contributed by atoms with Crippen LogP contribution in [0.25, 0.3) is 49.4 Å². The Labute approximate surface area is 235 Å². The van der Waals surface area contributed by atoms with E-state index in [2.05, 4.69) is 108 Å². The molecule has 0 bridgehead atoms. The number of hydrogen-bond donors (Lipinski definition) is 0. The second-order valence-electron chi connectivity index (χ2n) is 13.9. The molecule has 1 aliphatic carbocycles. The Morgan fingerprint density at radius 2 is 1.46 bits per heavy atom. The van der Waals surface area contributed by atoms with Crippen LogP contribution >= 0.6 is 11.6 Å². The van der Waals surface area contributed by atoms with Crippen molar-refractivity contribution in [2.45, 2.75) is 77.6 Å².